The zero-order valence-corrected chi connectivity index (χ0v) is 28.0. The van der Waals surface area contributed by atoms with Crippen molar-refractivity contribution in [3.63, 3.8) is 0 Å². The predicted octanol–water partition coefficient (Wildman–Crippen LogP) is 8.27. The number of nitrogens with one attached hydrogen (secondary N) is 2. The second-order valence-electron chi connectivity index (χ2n) is 12.2. The molecular formula is C36H49N3O4S. The Morgan fingerprint density at radius 2 is 1.59 bits per heavy atom. The molecule has 0 saturated heterocycles. The van der Waals surface area contributed by atoms with Gasteiger partial charge in [-0.2, -0.15) is 11.8 Å². The van der Waals surface area contributed by atoms with Crippen molar-refractivity contribution in [1.82, 2.24) is 10.2 Å². The number of rotatable bonds is 15. The summed E-state index contributed by atoms with van der Waals surface area (Å²) >= 11 is 1.60. The van der Waals surface area contributed by atoms with Gasteiger partial charge in [0, 0.05) is 12.2 Å². The molecule has 0 aromatic heterocycles. The van der Waals surface area contributed by atoms with Crippen LogP contribution in [0.4, 0.5) is 10.5 Å². The van der Waals surface area contributed by atoms with Crippen LogP contribution in [0, 0.1) is 6.92 Å². The summed E-state index contributed by atoms with van der Waals surface area (Å²) in [5.41, 5.74) is 1.62. The number of nitrogens with zero attached hydrogens (tertiary/aromatic N) is 1. The Labute approximate surface area is 267 Å². The molecule has 3 rings (SSSR count). The minimum Gasteiger partial charge on any atom is -0.444 e. The van der Waals surface area contributed by atoms with Crippen LogP contribution in [-0.2, 0) is 14.3 Å². The lowest BCUT2D eigenvalue weighted by molar-refractivity contribution is -0.141. The third-order valence-electron chi connectivity index (χ3n) is 7.45. The summed E-state index contributed by atoms with van der Waals surface area (Å²) in [7, 11) is 0. The molecule has 44 heavy (non-hydrogen) atoms. The first-order valence-electron chi connectivity index (χ1n) is 15.7. The van der Waals surface area contributed by atoms with Crippen LogP contribution < -0.4 is 10.6 Å². The molecule has 7 nitrogen and oxygen atoms in total. The summed E-state index contributed by atoms with van der Waals surface area (Å²) < 4.78 is 5.52. The van der Waals surface area contributed by atoms with Gasteiger partial charge in [0.2, 0.25) is 5.91 Å². The number of amides is 3. The van der Waals surface area contributed by atoms with E-state index in [0.717, 1.165) is 54.0 Å². The van der Waals surface area contributed by atoms with Crippen LogP contribution in [0.5, 0.6) is 0 Å². The van der Waals surface area contributed by atoms with Gasteiger partial charge in [-0.25, -0.2) is 4.79 Å². The third kappa shape index (κ3) is 10.6. The van der Waals surface area contributed by atoms with Crippen LogP contribution in [0.15, 0.2) is 66.7 Å². The highest BCUT2D eigenvalue weighted by molar-refractivity contribution is 7.98. The topological polar surface area (TPSA) is 87.7 Å². The van der Waals surface area contributed by atoms with E-state index in [9.17, 15) is 14.4 Å². The fourth-order valence-corrected chi connectivity index (χ4v) is 5.69. The first kappa shape index (κ1) is 35.0. The van der Waals surface area contributed by atoms with Gasteiger partial charge in [0.25, 0.3) is 5.91 Å². The van der Waals surface area contributed by atoms with Crippen molar-refractivity contribution in [1.29, 1.82) is 0 Å². The molecule has 0 bridgehead atoms. The van der Waals surface area contributed by atoms with Gasteiger partial charge < -0.3 is 20.3 Å². The SMILES string of the molecule is CCCCCCCN(C(=O)C(CCSC)NC(=O)OC(C)(C)C)C(C(=O)Nc1ccc2ccccc2c1)c1ccccc1C. The van der Waals surface area contributed by atoms with Crippen LogP contribution in [-0.4, -0.2) is 53.0 Å². The molecule has 238 valence electrons. The lowest BCUT2D eigenvalue weighted by Crippen LogP contribution is -2.53. The average molecular weight is 620 g/mol. The van der Waals surface area contributed by atoms with E-state index in [-0.39, 0.29) is 11.8 Å². The Morgan fingerprint density at radius 3 is 2.27 bits per heavy atom. The largest absolute Gasteiger partial charge is 0.444 e. The minimum absolute atomic E-state index is 0.290. The Balaban J connectivity index is 2.02. The predicted molar refractivity (Wildman–Crippen MR) is 183 cm³/mol. The van der Waals surface area contributed by atoms with Crippen LogP contribution >= 0.6 is 11.8 Å². The number of benzene rings is 3. The smallest absolute Gasteiger partial charge is 0.408 e. The monoisotopic (exact) mass is 619 g/mol. The maximum absolute atomic E-state index is 14.5. The van der Waals surface area contributed by atoms with Gasteiger partial charge in [-0.3, -0.25) is 9.59 Å². The first-order valence-corrected chi connectivity index (χ1v) is 17.1. The van der Waals surface area contributed by atoms with Gasteiger partial charge in [0.1, 0.15) is 17.7 Å². The number of alkyl carbamates (subject to hydrolysis) is 1. The van der Waals surface area contributed by atoms with Gasteiger partial charge in [-0.15, -0.1) is 0 Å². The molecular weight excluding hydrogens is 570 g/mol. The number of hydrogen-bond acceptors (Lipinski definition) is 5. The molecule has 3 amide bonds. The molecule has 2 unspecified atom stereocenters. The third-order valence-corrected chi connectivity index (χ3v) is 8.09. The highest BCUT2D eigenvalue weighted by atomic mass is 32.2. The number of ether oxygens (including phenoxy) is 1. The molecule has 3 aromatic rings. The molecule has 0 aliphatic rings. The van der Waals surface area contributed by atoms with Crippen molar-refractivity contribution in [3.05, 3.63) is 77.9 Å². The highest BCUT2D eigenvalue weighted by Crippen LogP contribution is 2.29. The summed E-state index contributed by atoms with van der Waals surface area (Å²) in [5, 5.41) is 8.04. The molecule has 0 aliphatic carbocycles. The summed E-state index contributed by atoms with van der Waals surface area (Å²) in [4.78, 5) is 43.4. The Morgan fingerprint density at radius 1 is 0.909 bits per heavy atom. The van der Waals surface area contributed by atoms with E-state index in [0.29, 0.717) is 24.4 Å². The van der Waals surface area contributed by atoms with Gasteiger partial charge in [0.05, 0.1) is 0 Å². The molecule has 3 aromatic carbocycles. The standard InChI is InChI=1S/C36H49N3O4S/c1-7-8-9-10-15-23-39(34(41)31(22-24-44-6)38-35(42)43-36(3,4)5)32(30-19-14-11-16-26(30)2)33(40)37-29-21-20-27-17-12-13-18-28(27)25-29/h11-14,16-21,25,31-32H,7-10,15,22-24H2,1-6H3,(H,37,40)(H,38,42). The van der Waals surface area contributed by atoms with E-state index < -0.39 is 23.8 Å². The normalized spacial score (nSPS) is 12.8. The molecule has 8 heteroatoms. The van der Waals surface area contributed by atoms with Gasteiger partial charge in [-0.1, -0.05) is 87.2 Å². The summed E-state index contributed by atoms with van der Waals surface area (Å²) in [6, 6.07) is 19.8. The number of thioether (sulfide) groups is 1. The van der Waals surface area contributed by atoms with Crippen molar-refractivity contribution in [2.24, 2.45) is 0 Å². The summed E-state index contributed by atoms with van der Waals surface area (Å²) in [5.74, 6) is 0.0779. The molecule has 0 aliphatic heterocycles. The number of fused-ring (bicyclic) bond motifs is 1. The molecule has 0 saturated carbocycles. The van der Waals surface area contributed by atoms with E-state index in [1.165, 1.54) is 0 Å². The number of unbranched alkanes of at least 4 members (excludes halogenated alkanes) is 4. The quantitative estimate of drug-likeness (QED) is 0.167. The molecule has 2 N–H and O–H groups in total. The zero-order valence-electron chi connectivity index (χ0n) is 27.2. The Bertz CT molecular complexity index is 1390. The maximum Gasteiger partial charge on any atom is 0.408 e. The number of anilines is 1. The molecule has 0 radical (unpaired) electrons. The number of carbonyl (C=O) groups is 3. The molecule has 0 spiro atoms. The van der Waals surface area contributed by atoms with Crippen LogP contribution in [0.3, 0.4) is 0 Å². The lowest BCUT2D eigenvalue weighted by atomic mass is 9.97. The summed E-state index contributed by atoms with van der Waals surface area (Å²) in [6.07, 6.45) is 6.72. The maximum atomic E-state index is 14.5. The van der Waals surface area contributed by atoms with Crippen molar-refractivity contribution >= 4 is 46.1 Å². The van der Waals surface area contributed by atoms with E-state index >= 15 is 0 Å². The van der Waals surface area contributed by atoms with Crippen LogP contribution in [0.1, 0.15) is 83.4 Å². The molecule has 0 heterocycles. The van der Waals surface area contributed by atoms with Gasteiger partial charge in [-0.05, 0) is 86.6 Å². The van der Waals surface area contributed by atoms with Crippen LogP contribution in [0.2, 0.25) is 0 Å². The number of hydrogen-bond donors (Lipinski definition) is 2. The zero-order chi connectivity index (χ0) is 32.1. The van der Waals surface area contributed by atoms with E-state index in [1.54, 1.807) is 37.4 Å². The first-order chi connectivity index (χ1) is 21.0. The van der Waals surface area contributed by atoms with Crippen molar-refractivity contribution < 1.29 is 19.1 Å². The van der Waals surface area contributed by atoms with E-state index in [2.05, 4.69) is 17.6 Å². The highest BCUT2D eigenvalue weighted by Gasteiger charge is 2.36. The van der Waals surface area contributed by atoms with E-state index in [4.69, 9.17) is 4.74 Å². The fraction of sp³-hybridized carbons (Fsp3) is 0.472. The van der Waals surface area contributed by atoms with Crippen molar-refractivity contribution in [2.45, 2.75) is 90.8 Å². The second-order valence-corrected chi connectivity index (χ2v) is 13.2. The second kappa shape index (κ2) is 17.1. The minimum atomic E-state index is -0.890. The van der Waals surface area contributed by atoms with E-state index in [1.807, 2.05) is 79.9 Å². The van der Waals surface area contributed by atoms with Crippen molar-refractivity contribution in [3.8, 4) is 0 Å². The fourth-order valence-electron chi connectivity index (χ4n) is 5.22. The summed E-state index contributed by atoms with van der Waals surface area (Å²) in [6.45, 7) is 9.88. The number of carbonyl (C=O) groups excluding carboxylic acids is 3. The Kier molecular flexibility index (Phi) is 13.6. The lowest BCUT2D eigenvalue weighted by Gasteiger charge is -2.35. The molecule has 2 atom stereocenters. The molecule has 0 fully saturated rings. The van der Waals surface area contributed by atoms with Crippen LogP contribution in [0.25, 0.3) is 10.8 Å². The Hall–Kier alpha value is -3.52. The van der Waals surface area contributed by atoms with Crippen molar-refractivity contribution in [2.75, 3.05) is 23.9 Å². The average Bonchev–Trinajstić information content (AvgIpc) is 2.98. The number of aryl methyl sites for hydroxylation is 1. The van der Waals surface area contributed by atoms with Gasteiger partial charge >= 0.3 is 6.09 Å². The van der Waals surface area contributed by atoms with Gasteiger partial charge in [0.15, 0.2) is 0 Å².